The Morgan fingerprint density at radius 1 is 1.14 bits per heavy atom. The SMILES string of the molecule is Cc1ccc2nc(CSc3ncnc4c3ncn4[C@@H]3O[C@H](C)[C@@H](O)[C@H]3O)cn2c1. The Kier molecular flexibility index (Phi) is 4.50. The standard InChI is InChI=1S/C19H20N6O3S/c1-10-3-4-13-23-12(6-24(13)5-10)7-29-18-14-17(20-8-21-18)25(9-22-14)19-16(27)15(26)11(2)28-19/h3-6,8-9,11,15-16,19,26-27H,7H2,1-2H3/t11-,15-,16-,19-/m1/s1. The highest BCUT2D eigenvalue weighted by atomic mass is 32.2. The van der Waals surface area contributed by atoms with Crippen LogP contribution in [0.1, 0.15) is 24.4 Å². The second kappa shape index (κ2) is 7.06. The van der Waals surface area contributed by atoms with Crippen LogP contribution in [0.15, 0.2) is 42.2 Å². The lowest BCUT2D eigenvalue weighted by Crippen LogP contribution is -2.30. The van der Waals surface area contributed by atoms with Crippen LogP contribution < -0.4 is 0 Å². The van der Waals surface area contributed by atoms with Crippen molar-refractivity contribution >= 4 is 28.6 Å². The van der Waals surface area contributed by atoms with Crippen molar-refractivity contribution in [1.29, 1.82) is 0 Å². The molecule has 1 saturated heterocycles. The molecule has 150 valence electrons. The zero-order chi connectivity index (χ0) is 20.1. The number of fused-ring (bicyclic) bond motifs is 2. The largest absolute Gasteiger partial charge is 0.388 e. The number of hydrogen-bond donors (Lipinski definition) is 2. The molecule has 5 rings (SSSR count). The third-order valence-electron chi connectivity index (χ3n) is 5.08. The summed E-state index contributed by atoms with van der Waals surface area (Å²) in [6, 6.07) is 4.04. The number of aromatic nitrogens is 6. The smallest absolute Gasteiger partial charge is 0.166 e. The Morgan fingerprint density at radius 2 is 2.00 bits per heavy atom. The van der Waals surface area contributed by atoms with Gasteiger partial charge in [0.2, 0.25) is 0 Å². The van der Waals surface area contributed by atoms with Crippen molar-refractivity contribution in [3.05, 3.63) is 48.4 Å². The molecule has 0 amide bonds. The van der Waals surface area contributed by atoms with Crippen molar-refractivity contribution < 1.29 is 14.9 Å². The number of rotatable bonds is 4. The van der Waals surface area contributed by atoms with Gasteiger partial charge in [0.05, 0.1) is 18.1 Å². The maximum absolute atomic E-state index is 10.3. The van der Waals surface area contributed by atoms with Gasteiger partial charge in [-0.1, -0.05) is 17.8 Å². The van der Waals surface area contributed by atoms with E-state index in [4.69, 9.17) is 4.74 Å². The Bertz CT molecular complexity index is 1190. The summed E-state index contributed by atoms with van der Waals surface area (Å²) < 4.78 is 9.35. The maximum atomic E-state index is 10.3. The molecule has 4 aromatic rings. The zero-order valence-corrected chi connectivity index (χ0v) is 16.7. The van der Waals surface area contributed by atoms with Gasteiger partial charge in [0.15, 0.2) is 11.9 Å². The molecule has 1 aliphatic heterocycles. The lowest BCUT2D eigenvalue weighted by molar-refractivity contribution is -0.0299. The highest BCUT2D eigenvalue weighted by Crippen LogP contribution is 2.33. The summed E-state index contributed by atoms with van der Waals surface area (Å²) in [6.45, 7) is 3.77. The summed E-state index contributed by atoms with van der Waals surface area (Å²) in [6.07, 6.45) is 3.89. The molecule has 1 aliphatic rings. The van der Waals surface area contributed by atoms with E-state index in [0.717, 1.165) is 16.4 Å². The number of aliphatic hydroxyl groups is 2. The molecule has 0 aliphatic carbocycles. The molecule has 5 heterocycles. The predicted molar refractivity (Wildman–Crippen MR) is 106 cm³/mol. The summed E-state index contributed by atoms with van der Waals surface area (Å²) in [4.78, 5) is 17.8. The number of thioether (sulfide) groups is 1. The Balaban J connectivity index is 1.41. The van der Waals surface area contributed by atoms with Gasteiger partial charge in [0.1, 0.15) is 34.7 Å². The minimum absolute atomic E-state index is 0.471. The van der Waals surface area contributed by atoms with Gasteiger partial charge in [-0.25, -0.2) is 19.9 Å². The van der Waals surface area contributed by atoms with Crippen molar-refractivity contribution in [1.82, 2.24) is 28.9 Å². The summed E-state index contributed by atoms with van der Waals surface area (Å²) in [5, 5.41) is 21.0. The third-order valence-corrected chi connectivity index (χ3v) is 6.09. The van der Waals surface area contributed by atoms with E-state index >= 15 is 0 Å². The number of aliphatic hydroxyl groups excluding tert-OH is 2. The van der Waals surface area contributed by atoms with Crippen LogP contribution in [0.3, 0.4) is 0 Å². The van der Waals surface area contributed by atoms with E-state index in [1.807, 2.05) is 35.9 Å². The second-order valence-corrected chi connectivity index (χ2v) is 8.17. The Morgan fingerprint density at radius 3 is 2.79 bits per heavy atom. The molecule has 0 aromatic carbocycles. The molecule has 10 heteroatoms. The lowest BCUT2D eigenvalue weighted by atomic mass is 10.1. The Labute approximate surface area is 170 Å². The molecule has 0 spiro atoms. The molecular formula is C19H20N6O3S. The van der Waals surface area contributed by atoms with Crippen LogP contribution in [-0.2, 0) is 10.5 Å². The molecule has 1 fully saturated rings. The monoisotopic (exact) mass is 412 g/mol. The minimum atomic E-state index is -1.05. The number of hydrogen-bond acceptors (Lipinski definition) is 8. The summed E-state index contributed by atoms with van der Waals surface area (Å²) in [7, 11) is 0. The fraction of sp³-hybridized carbons (Fsp3) is 0.368. The van der Waals surface area contributed by atoms with E-state index < -0.39 is 24.5 Å². The predicted octanol–water partition coefficient (Wildman–Crippen LogP) is 1.71. The van der Waals surface area contributed by atoms with Crippen molar-refractivity contribution in [2.75, 3.05) is 0 Å². The number of nitrogens with zero attached hydrogens (tertiary/aromatic N) is 6. The molecule has 0 unspecified atom stereocenters. The maximum Gasteiger partial charge on any atom is 0.166 e. The summed E-state index contributed by atoms with van der Waals surface area (Å²) in [5.74, 6) is 0.637. The fourth-order valence-electron chi connectivity index (χ4n) is 3.55. The van der Waals surface area contributed by atoms with Gasteiger partial charge in [0, 0.05) is 18.1 Å². The van der Waals surface area contributed by atoms with Crippen LogP contribution >= 0.6 is 11.8 Å². The number of ether oxygens (including phenoxy) is 1. The van der Waals surface area contributed by atoms with E-state index in [2.05, 4.69) is 19.9 Å². The van der Waals surface area contributed by atoms with E-state index in [1.54, 1.807) is 17.8 Å². The van der Waals surface area contributed by atoms with Gasteiger partial charge in [-0.15, -0.1) is 0 Å². The normalized spacial score (nSPS) is 24.7. The highest BCUT2D eigenvalue weighted by Gasteiger charge is 2.42. The quantitative estimate of drug-likeness (QED) is 0.385. The van der Waals surface area contributed by atoms with Crippen molar-refractivity contribution in [2.45, 2.75) is 49.2 Å². The van der Waals surface area contributed by atoms with Gasteiger partial charge >= 0.3 is 0 Å². The van der Waals surface area contributed by atoms with Crippen molar-refractivity contribution in [3.8, 4) is 0 Å². The number of pyridine rings is 1. The highest BCUT2D eigenvalue weighted by molar-refractivity contribution is 7.98. The van der Waals surface area contributed by atoms with E-state index in [1.165, 1.54) is 23.7 Å². The fourth-order valence-corrected chi connectivity index (χ4v) is 4.37. The van der Waals surface area contributed by atoms with E-state index in [9.17, 15) is 10.2 Å². The van der Waals surface area contributed by atoms with E-state index in [0.29, 0.717) is 16.9 Å². The molecule has 0 radical (unpaired) electrons. The molecule has 9 nitrogen and oxygen atoms in total. The van der Waals surface area contributed by atoms with Crippen LogP contribution in [0.4, 0.5) is 0 Å². The van der Waals surface area contributed by atoms with E-state index in [-0.39, 0.29) is 0 Å². The summed E-state index contributed by atoms with van der Waals surface area (Å²) >= 11 is 1.52. The second-order valence-electron chi connectivity index (χ2n) is 7.21. The molecular weight excluding hydrogens is 392 g/mol. The summed E-state index contributed by atoms with van der Waals surface area (Å²) in [5.41, 5.74) is 4.20. The first kappa shape index (κ1) is 18.5. The average Bonchev–Trinajstić information content (AvgIpc) is 3.38. The minimum Gasteiger partial charge on any atom is -0.388 e. The molecule has 4 aromatic heterocycles. The lowest BCUT2D eigenvalue weighted by Gasteiger charge is -2.16. The van der Waals surface area contributed by atoms with Crippen LogP contribution in [-0.4, -0.2) is 57.4 Å². The molecule has 4 atom stereocenters. The first-order valence-corrected chi connectivity index (χ1v) is 10.3. The van der Waals surface area contributed by atoms with Gasteiger partial charge in [0.25, 0.3) is 0 Å². The topological polar surface area (TPSA) is 111 Å². The molecule has 2 N–H and O–H groups in total. The van der Waals surface area contributed by atoms with Gasteiger partial charge < -0.3 is 19.4 Å². The molecule has 29 heavy (non-hydrogen) atoms. The Hall–Kier alpha value is -2.53. The van der Waals surface area contributed by atoms with Gasteiger partial charge in [-0.3, -0.25) is 4.57 Å². The zero-order valence-electron chi connectivity index (χ0n) is 15.9. The van der Waals surface area contributed by atoms with Gasteiger partial charge in [-0.05, 0) is 25.5 Å². The number of aryl methyl sites for hydroxylation is 1. The number of imidazole rings is 2. The van der Waals surface area contributed by atoms with Crippen LogP contribution in [0.5, 0.6) is 0 Å². The van der Waals surface area contributed by atoms with Crippen molar-refractivity contribution in [3.63, 3.8) is 0 Å². The van der Waals surface area contributed by atoms with Crippen LogP contribution in [0.2, 0.25) is 0 Å². The van der Waals surface area contributed by atoms with Gasteiger partial charge in [-0.2, -0.15) is 0 Å². The third kappa shape index (κ3) is 3.18. The van der Waals surface area contributed by atoms with Crippen LogP contribution in [0.25, 0.3) is 16.8 Å². The average molecular weight is 412 g/mol. The van der Waals surface area contributed by atoms with Crippen molar-refractivity contribution in [2.24, 2.45) is 0 Å². The first-order chi connectivity index (χ1) is 14.0. The van der Waals surface area contributed by atoms with Crippen LogP contribution in [0, 0.1) is 6.92 Å². The first-order valence-electron chi connectivity index (χ1n) is 9.27. The molecule has 0 bridgehead atoms. The molecule has 0 saturated carbocycles.